The largest absolute Gasteiger partial charge is 0.310 e. The Labute approximate surface area is 324 Å². The third-order valence-corrected chi connectivity index (χ3v) is 18.8. The van der Waals surface area contributed by atoms with Gasteiger partial charge in [-0.2, -0.15) is 20.1 Å². The highest BCUT2D eigenvalue weighted by Crippen LogP contribution is 2.71. The number of hydrogen-bond donors (Lipinski definition) is 0. The molecule has 1 nitrogen and oxygen atoms in total. The van der Waals surface area contributed by atoms with Gasteiger partial charge in [0.2, 0.25) is 0 Å². The van der Waals surface area contributed by atoms with Gasteiger partial charge in [0.1, 0.15) is 0 Å². The summed E-state index contributed by atoms with van der Waals surface area (Å²) < 4.78 is 2.78. The van der Waals surface area contributed by atoms with Gasteiger partial charge in [0.15, 0.2) is 0 Å². The highest BCUT2D eigenvalue weighted by Gasteiger charge is 2.37. The van der Waals surface area contributed by atoms with Crippen molar-refractivity contribution >= 4 is 79.4 Å². The van der Waals surface area contributed by atoms with E-state index in [0.717, 1.165) is 0 Å². The fraction of sp³-hybridized carbons (Fsp3) is 0.0800. The van der Waals surface area contributed by atoms with Gasteiger partial charge in [-0.3, -0.25) is 0 Å². The first-order valence-corrected chi connectivity index (χ1v) is 24.2. The van der Waals surface area contributed by atoms with E-state index in [1.807, 2.05) is 11.3 Å². The van der Waals surface area contributed by atoms with Gasteiger partial charge in [0, 0.05) is 62.3 Å². The second-order valence-electron chi connectivity index (χ2n) is 15.3. The van der Waals surface area contributed by atoms with Gasteiger partial charge in [-0.15, -0.1) is 11.3 Å². The zero-order chi connectivity index (χ0) is 36.3. The fourth-order valence-electron chi connectivity index (χ4n) is 9.18. The van der Waals surface area contributed by atoms with Crippen LogP contribution >= 0.6 is 31.4 Å². The minimum atomic E-state index is -1.27. The van der Waals surface area contributed by atoms with Crippen LogP contribution in [-0.2, 0) is 0 Å². The van der Waals surface area contributed by atoms with Gasteiger partial charge in [0.05, 0.1) is 5.69 Å². The number of fused-ring (bicyclic) bond motifs is 11. The molecule has 3 heterocycles. The lowest BCUT2D eigenvalue weighted by Crippen LogP contribution is -2.12. The van der Waals surface area contributed by atoms with Crippen molar-refractivity contribution in [2.75, 3.05) is 29.9 Å². The van der Waals surface area contributed by atoms with Gasteiger partial charge in [-0.25, -0.2) is 0 Å². The SMILES string of the molecule is CS1(C)c2ccccc2-c2c(N(c3ccc(-c4cccc5ccccc45)cc3)c3ccc4c(c3)S(C)(C)c3ccc5c(sc6ccccc65)c3-4)cccc21. The smallest absolute Gasteiger partial charge is 0.0551 e. The Morgan fingerprint density at radius 2 is 1.06 bits per heavy atom. The molecule has 0 fully saturated rings. The molecule has 0 bridgehead atoms. The monoisotopic (exact) mass is 749 g/mol. The van der Waals surface area contributed by atoms with Crippen LogP contribution in [0.25, 0.3) is 64.3 Å². The molecule has 262 valence electrons. The number of benzene rings is 8. The molecule has 0 atom stereocenters. The second-order valence-corrected chi connectivity index (χ2v) is 23.4. The second kappa shape index (κ2) is 11.6. The quantitative estimate of drug-likeness (QED) is 0.173. The molecule has 54 heavy (non-hydrogen) atoms. The van der Waals surface area contributed by atoms with Crippen molar-refractivity contribution in [3.05, 3.63) is 164 Å². The molecule has 9 aromatic rings. The van der Waals surface area contributed by atoms with Crippen molar-refractivity contribution < 1.29 is 0 Å². The maximum absolute atomic E-state index is 2.54. The molecule has 0 radical (unpaired) electrons. The van der Waals surface area contributed by atoms with E-state index in [0.29, 0.717) is 0 Å². The average molecular weight is 750 g/mol. The van der Waals surface area contributed by atoms with Gasteiger partial charge < -0.3 is 4.90 Å². The van der Waals surface area contributed by atoms with E-state index < -0.39 is 20.1 Å². The number of hydrogen-bond acceptors (Lipinski definition) is 2. The van der Waals surface area contributed by atoms with Gasteiger partial charge in [0.25, 0.3) is 0 Å². The predicted molar refractivity (Wildman–Crippen MR) is 240 cm³/mol. The molecule has 0 N–H and O–H groups in total. The Bertz CT molecular complexity index is 3000. The van der Waals surface area contributed by atoms with Crippen molar-refractivity contribution in [3.63, 3.8) is 0 Å². The third-order valence-electron chi connectivity index (χ3n) is 11.8. The lowest BCUT2D eigenvalue weighted by Gasteiger charge is -2.32. The van der Waals surface area contributed by atoms with Crippen LogP contribution in [-0.4, -0.2) is 25.0 Å². The zero-order valence-corrected chi connectivity index (χ0v) is 33.2. The summed E-state index contributed by atoms with van der Waals surface area (Å²) >= 11 is 1.95. The van der Waals surface area contributed by atoms with E-state index in [9.17, 15) is 0 Å². The minimum absolute atomic E-state index is 1.17. The Kier molecular flexibility index (Phi) is 6.93. The van der Waals surface area contributed by atoms with Crippen LogP contribution in [0.3, 0.4) is 0 Å². The molecule has 0 saturated carbocycles. The Balaban J connectivity index is 1.13. The summed E-state index contributed by atoms with van der Waals surface area (Å²) in [6, 6.07) is 61.7. The summed E-state index contributed by atoms with van der Waals surface area (Å²) in [6.45, 7) is 0. The maximum Gasteiger partial charge on any atom is 0.0551 e. The normalized spacial score (nSPS) is 15.8. The summed E-state index contributed by atoms with van der Waals surface area (Å²) in [6.07, 6.45) is 9.90. The summed E-state index contributed by atoms with van der Waals surface area (Å²) in [7, 11) is -2.44. The third kappa shape index (κ3) is 4.48. The molecule has 0 saturated heterocycles. The van der Waals surface area contributed by atoms with Crippen molar-refractivity contribution in [3.8, 4) is 33.4 Å². The van der Waals surface area contributed by atoms with Gasteiger partial charge in [-0.1, -0.05) is 109 Å². The minimum Gasteiger partial charge on any atom is -0.310 e. The first-order valence-electron chi connectivity index (χ1n) is 18.5. The molecular weight excluding hydrogens is 711 g/mol. The van der Waals surface area contributed by atoms with Crippen LogP contribution in [0.1, 0.15) is 0 Å². The highest BCUT2D eigenvalue weighted by atomic mass is 32.3. The van der Waals surface area contributed by atoms with Crippen LogP contribution < -0.4 is 4.90 Å². The molecule has 2 aliphatic rings. The van der Waals surface area contributed by atoms with Crippen LogP contribution in [0.5, 0.6) is 0 Å². The van der Waals surface area contributed by atoms with Crippen LogP contribution in [0, 0.1) is 0 Å². The number of rotatable bonds is 4. The predicted octanol–water partition coefficient (Wildman–Crippen LogP) is 15.3. The molecule has 2 aliphatic heterocycles. The van der Waals surface area contributed by atoms with Crippen LogP contribution in [0.4, 0.5) is 17.1 Å². The first kappa shape index (κ1) is 32.2. The van der Waals surface area contributed by atoms with E-state index in [1.54, 1.807) is 0 Å². The average Bonchev–Trinajstić information content (AvgIpc) is 3.78. The van der Waals surface area contributed by atoms with Crippen molar-refractivity contribution in [2.24, 2.45) is 0 Å². The molecule has 4 heteroatoms. The lowest BCUT2D eigenvalue weighted by atomic mass is 9.97. The first-order chi connectivity index (χ1) is 26.3. The molecule has 0 aliphatic carbocycles. The summed E-state index contributed by atoms with van der Waals surface area (Å²) in [5.74, 6) is 0. The molecule has 1 aromatic heterocycles. The van der Waals surface area contributed by atoms with Crippen molar-refractivity contribution in [2.45, 2.75) is 19.6 Å². The Morgan fingerprint density at radius 1 is 0.426 bits per heavy atom. The molecule has 0 spiro atoms. The molecule has 11 rings (SSSR count). The van der Waals surface area contributed by atoms with Crippen molar-refractivity contribution in [1.82, 2.24) is 0 Å². The van der Waals surface area contributed by atoms with Crippen LogP contribution in [0.15, 0.2) is 183 Å². The van der Waals surface area contributed by atoms with E-state index >= 15 is 0 Å². The van der Waals surface area contributed by atoms with Gasteiger partial charge in [-0.05, 0) is 113 Å². The number of anilines is 3. The fourth-order valence-corrected chi connectivity index (χ4v) is 15.5. The number of nitrogens with zero attached hydrogens (tertiary/aromatic N) is 1. The summed E-state index contributed by atoms with van der Waals surface area (Å²) in [4.78, 5) is 8.44. The summed E-state index contributed by atoms with van der Waals surface area (Å²) in [5.41, 5.74) is 11.7. The van der Waals surface area contributed by atoms with E-state index in [-0.39, 0.29) is 0 Å². The Morgan fingerprint density at radius 3 is 1.93 bits per heavy atom. The van der Waals surface area contributed by atoms with Gasteiger partial charge >= 0.3 is 0 Å². The lowest BCUT2D eigenvalue weighted by molar-refractivity contribution is 1.25. The maximum atomic E-state index is 2.54. The van der Waals surface area contributed by atoms with E-state index in [1.165, 1.54) is 101 Å². The molecule has 0 unspecified atom stereocenters. The Hall–Kier alpha value is -5.26. The zero-order valence-electron chi connectivity index (χ0n) is 30.8. The van der Waals surface area contributed by atoms with Crippen molar-refractivity contribution in [1.29, 1.82) is 0 Å². The highest BCUT2D eigenvalue weighted by molar-refractivity contribution is 8.33. The molecule has 8 aromatic carbocycles. The summed E-state index contributed by atoms with van der Waals surface area (Å²) in [5, 5.41) is 5.28. The topological polar surface area (TPSA) is 3.24 Å². The number of thiophene rings is 1. The standard InChI is InChI=1S/C50H39NS3/c1-53(2)44-21-10-8-17-40(44)48-42(19-12-22-45(48)53)51(34-25-23-33(24-26-34)37-18-11-14-32-13-5-6-15-36(32)37)35-27-28-41-47(31-35)54(3,4)46-30-29-39-38-16-7-9-20-43(38)52-50(39)49(41)46/h5-31H,1-4H3. The van der Waals surface area contributed by atoms with Crippen LogP contribution in [0.2, 0.25) is 0 Å². The van der Waals surface area contributed by atoms with E-state index in [2.05, 4.69) is 194 Å². The molecular formula is C50H39NS3. The molecule has 0 amide bonds. The van der Waals surface area contributed by atoms with E-state index in [4.69, 9.17) is 0 Å².